The van der Waals surface area contributed by atoms with Gasteiger partial charge in [-0.2, -0.15) is 48.3 Å². The Kier molecular flexibility index (Phi) is 5.51. The third-order valence-corrected chi connectivity index (χ3v) is 1.83. The summed E-state index contributed by atoms with van der Waals surface area (Å²) in [4.78, 5) is 0. The van der Waals surface area contributed by atoms with Gasteiger partial charge in [0.05, 0.1) is 6.61 Å². The molecule has 0 saturated heterocycles. The molecular weight excluding hydrogens is 337 g/mol. The quantitative estimate of drug-likeness (QED) is 0.665. The lowest BCUT2D eigenvalue weighted by atomic mass is 10.2. The van der Waals surface area contributed by atoms with Gasteiger partial charge in [0.15, 0.2) is 0 Å². The molecule has 13 heteroatoms. The van der Waals surface area contributed by atoms with E-state index in [1.165, 1.54) is 0 Å². The molecule has 0 spiro atoms. The standard InChI is InChI=1S/C8H7F11O2/c1-2-3-20-4(9,5(10,11)12)7(16,17)21-8(18,19)6(13,14)15/h2-3H2,1H3. The van der Waals surface area contributed by atoms with Crippen molar-refractivity contribution in [3.05, 3.63) is 0 Å². The highest BCUT2D eigenvalue weighted by molar-refractivity contribution is 4.88. The van der Waals surface area contributed by atoms with Crippen LogP contribution in [-0.2, 0) is 9.47 Å². The van der Waals surface area contributed by atoms with Crippen molar-refractivity contribution in [2.45, 2.75) is 43.8 Å². The molecule has 0 rings (SSSR count). The van der Waals surface area contributed by atoms with Crippen LogP contribution in [0.25, 0.3) is 0 Å². The molecule has 0 aromatic carbocycles. The predicted molar refractivity (Wildman–Crippen MR) is 43.2 cm³/mol. The number of hydrogen-bond donors (Lipinski definition) is 0. The lowest BCUT2D eigenvalue weighted by Crippen LogP contribution is -2.61. The molecule has 0 aromatic rings. The summed E-state index contributed by atoms with van der Waals surface area (Å²) in [6.07, 6.45) is -27.3. The van der Waals surface area contributed by atoms with Crippen LogP contribution in [0.3, 0.4) is 0 Å². The lowest BCUT2D eigenvalue weighted by molar-refractivity contribution is -0.524. The minimum absolute atomic E-state index is 0.465. The van der Waals surface area contributed by atoms with Crippen LogP contribution in [0.2, 0.25) is 0 Å². The number of alkyl halides is 11. The molecule has 0 aliphatic rings. The highest BCUT2D eigenvalue weighted by atomic mass is 19.4. The van der Waals surface area contributed by atoms with E-state index in [1.54, 1.807) is 4.74 Å². The molecule has 0 fully saturated rings. The monoisotopic (exact) mass is 344 g/mol. The van der Waals surface area contributed by atoms with Crippen LogP contribution < -0.4 is 0 Å². The van der Waals surface area contributed by atoms with Crippen LogP contribution in [0, 0.1) is 0 Å². The predicted octanol–water partition coefficient (Wildman–Crippen LogP) is 4.41. The van der Waals surface area contributed by atoms with E-state index in [9.17, 15) is 48.3 Å². The van der Waals surface area contributed by atoms with Gasteiger partial charge in [0.25, 0.3) is 0 Å². The smallest absolute Gasteiger partial charge is 0.332 e. The third-order valence-electron chi connectivity index (χ3n) is 1.83. The first-order valence-corrected chi connectivity index (χ1v) is 4.94. The second-order valence-electron chi connectivity index (χ2n) is 3.57. The largest absolute Gasteiger partial charge is 0.483 e. The molecule has 1 unspecified atom stereocenters. The summed E-state index contributed by atoms with van der Waals surface area (Å²) in [7, 11) is 0. The van der Waals surface area contributed by atoms with Crippen LogP contribution in [0.4, 0.5) is 48.3 Å². The molecule has 0 N–H and O–H groups in total. The van der Waals surface area contributed by atoms with Gasteiger partial charge in [-0.05, 0) is 6.42 Å². The molecule has 0 aromatic heterocycles. The van der Waals surface area contributed by atoms with Gasteiger partial charge in [-0.1, -0.05) is 6.92 Å². The third kappa shape index (κ3) is 4.08. The second-order valence-corrected chi connectivity index (χ2v) is 3.57. The Bertz CT molecular complexity index is 347. The van der Waals surface area contributed by atoms with Gasteiger partial charge in [0.2, 0.25) is 0 Å². The van der Waals surface area contributed by atoms with Crippen molar-refractivity contribution in [2.75, 3.05) is 6.61 Å². The minimum atomic E-state index is -6.78. The average Bonchev–Trinajstić information content (AvgIpc) is 2.20. The van der Waals surface area contributed by atoms with E-state index < -0.39 is 43.5 Å². The normalized spacial score (nSPS) is 17.7. The zero-order valence-electron chi connectivity index (χ0n) is 9.89. The van der Waals surface area contributed by atoms with Crippen LogP contribution >= 0.6 is 0 Å². The fourth-order valence-electron chi connectivity index (χ4n) is 0.858. The fourth-order valence-corrected chi connectivity index (χ4v) is 0.858. The van der Waals surface area contributed by atoms with E-state index in [-0.39, 0.29) is 0 Å². The van der Waals surface area contributed by atoms with Crippen molar-refractivity contribution in [1.82, 2.24) is 0 Å². The van der Waals surface area contributed by atoms with Crippen LogP contribution in [-0.4, -0.2) is 37.0 Å². The van der Waals surface area contributed by atoms with Crippen molar-refractivity contribution in [3.8, 4) is 0 Å². The zero-order valence-corrected chi connectivity index (χ0v) is 9.89. The average molecular weight is 344 g/mol. The topological polar surface area (TPSA) is 18.5 Å². The van der Waals surface area contributed by atoms with Crippen molar-refractivity contribution >= 4 is 0 Å². The Hall–Kier alpha value is -0.850. The van der Waals surface area contributed by atoms with E-state index in [4.69, 9.17) is 0 Å². The Balaban J connectivity index is 5.59. The molecule has 128 valence electrons. The molecule has 1 atom stereocenters. The van der Waals surface area contributed by atoms with E-state index in [0.29, 0.717) is 0 Å². The summed E-state index contributed by atoms with van der Waals surface area (Å²) in [5, 5.41) is 0. The van der Waals surface area contributed by atoms with Gasteiger partial charge in [-0.3, -0.25) is 0 Å². The first kappa shape index (κ1) is 20.1. The van der Waals surface area contributed by atoms with Gasteiger partial charge in [-0.25, -0.2) is 4.74 Å². The van der Waals surface area contributed by atoms with Crippen LogP contribution in [0.15, 0.2) is 0 Å². The van der Waals surface area contributed by atoms with Gasteiger partial charge in [0.1, 0.15) is 0 Å². The van der Waals surface area contributed by atoms with Crippen molar-refractivity contribution in [1.29, 1.82) is 0 Å². The van der Waals surface area contributed by atoms with E-state index >= 15 is 0 Å². The van der Waals surface area contributed by atoms with E-state index in [2.05, 4.69) is 4.74 Å². The first-order chi connectivity index (χ1) is 9.02. The summed E-state index contributed by atoms with van der Waals surface area (Å²) in [6.45, 7) is -0.299. The molecule has 21 heavy (non-hydrogen) atoms. The van der Waals surface area contributed by atoms with Gasteiger partial charge < -0.3 is 4.74 Å². The fraction of sp³-hybridized carbons (Fsp3) is 1.00. The van der Waals surface area contributed by atoms with Crippen LogP contribution in [0.5, 0.6) is 0 Å². The highest BCUT2D eigenvalue weighted by Crippen LogP contribution is 2.51. The molecule has 0 bridgehead atoms. The highest BCUT2D eigenvalue weighted by Gasteiger charge is 2.78. The molecule has 0 radical (unpaired) electrons. The molecule has 0 amide bonds. The summed E-state index contributed by atoms with van der Waals surface area (Å²) in [5.74, 6) is -6.18. The van der Waals surface area contributed by atoms with Gasteiger partial charge in [0, 0.05) is 0 Å². The summed E-state index contributed by atoms with van der Waals surface area (Å²) in [5.41, 5.74) is 0. The molecular formula is C8H7F11O2. The minimum Gasteiger partial charge on any atom is -0.332 e. The van der Waals surface area contributed by atoms with Crippen molar-refractivity contribution < 1.29 is 57.8 Å². The van der Waals surface area contributed by atoms with E-state index in [1.807, 2.05) is 0 Å². The lowest BCUT2D eigenvalue weighted by Gasteiger charge is -2.35. The maximum Gasteiger partial charge on any atom is 0.483 e. The summed E-state index contributed by atoms with van der Waals surface area (Å²) < 4.78 is 140. The Morgan fingerprint density at radius 1 is 0.667 bits per heavy atom. The summed E-state index contributed by atoms with van der Waals surface area (Å²) >= 11 is 0. The molecule has 0 aliphatic heterocycles. The van der Waals surface area contributed by atoms with Crippen molar-refractivity contribution in [2.24, 2.45) is 0 Å². The SMILES string of the molecule is CCCOC(F)(C(F)(F)F)C(F)(F)OC(F)(F)C(F)(F)F. The zero-order chi connectivity index (χ0) is 17.3. The van der Waals surface area contributed by atoms with Crippen LogP contribution in [0.1, 0.15) is 13.3 Å². The molecule has 2 nitrogen and oxygen atoms in total. The second kappa shape index (κ2) is 5.74. The number of ether oxygens (including phenoxy) is 2. The maximum atomic E-state index is 13.3. The van der Waals surface area contributed by atoms with Gasteiger partial charge in [-0.15, -0.1) is 0 Å². The molecule has 0 aliphatic carbocycles. The molecule has 0 heterocycles. The number of halogens is 11. The summed E-state index contributed by atoms with van der Waals surface area (Å²) in [6, 6.07) is 0. The molecule has 0 saturated carbocycles. The number of hydrogen-bond acceptors (Lipinski definition) is 2. The Morgan fingerprint density at radius 3 is 1.38 bits per heavy atom. The first-order valence-electron chi connectivity index (χ1n) is 4.94. The van der Waals surface area contributed by atoms with Gasteiger partial charge >= 0.3 is 30.4 Å². The van der Waals surface area contributed by atoms with E-state index in [0.717, 1.165) is 6.92 Å². The maximum absolute atomic E-state index is 13.3. The Labute approximate surface area is 109 Å². The van der Waals surface area contributed by atoms with Crippen molar-refractivity contribution in [3.63, 3.8) is 0 Å². The number of rotatable bonds is 6. The Morgan fingerprint density at radius 2 is 1.10 bits per heavy atom.